The van der Waals surface area contributed by atoms with Crippen LogP contribution in [-0.2, 0) is 4.74 Å². The number of aromatic nitrogens is 2. The molecule has 0 amide bonds. The minimum absolute atomic E-state index is 0.193. The maximum Gasteiger partial charge on any atom is 0.258 e. The standard InChI is InChI=1S/C7H8N4O.C2H6/c1-5-2-3-10-7(11-5)6(9)12-4-8;1-2/h2-4,8-9H,1H3;1-2H3. The zero-order chi connectivity index (χ0) is 11.0. The van der Waals surface area contributed by atoms with Gasteiger partial charge < -0.3 is 4.74 Å². The van der Waals surface area contributed by atoms with Gasteiger partial charge in [-0.05, 0) is 13.0 Å². The highest BCUT2D eigenvalue weighted by molar-refractivity contribution is 5.91. The van der Waals surface area contributed by atoms with Gasteiger partial charge in [0, 0.05) is 11.9 Å². The first kappa shape index (κ1) is 12.2. The molecule has 0 atom stereocenters. The van der Waals surface area contributed by atoms with Crippen LogP contribution in [0.25, 0.3) is 0 Å². The molecule has 14 heavy (non-hydrogen) atoms. The first-order chi connectivity index (χ1) is 6.74. The molecule has 0 aliphatic heterocycles. The van der Waals surface area contributed by atoms with Crippen molar-refractivity contribution >= 4 is 12.3 Å². The summed E-state index contributed by atoms with van der Waals surface area (Å²) in [6, 6.07) is 1.72. The first-order valence-corrected chi connectivity index (χ1v) is 4.28. The van der Waals surface area contributed by atoms with Crippen molar-refractivity contribution in [3.8, 4) is 0 Å². The molecule has 1 aromatic rings. The van der Waals surface area contributed by atoms with Crippen LogP contribution in [0.5, 0.6) is 0 Å². The second kappa shape index (κ2) is 6.71. The van der Waals surface area contributed by atoms with E-state index in [1.165, 1.54) is 0 Å². The molecule has 1 rings (SSSR count). The van der Waals surface area contributed by atoms with Gasteiger partial charge in [-0.15, -0.1) is 0 Å². The molecule has 0 aromatic carbocycles. The second-order valence-electron chi connectivity index (χ2n) is 2.09. The molecule has 0 aliphatic carbocycles. The van der Waals surface area contributed by atoms with Gasteiger partial charge in [0.15, 0.2) is 6.40 Å². The largest absolute Gasteiger partial charge is 0.425 e. The molecule has 76 valence electrons. The molecule has 5 nitrogen and oxygen atoms in total. The van der Waals surface area contributed by atoms with Crippen LogP contribution < -0.4 is 0 Å². The van der Waals surface area contributed by atoms with Crippen molar-refractivity contribution in [3.05, 3.63) is 23.8 Å². The van der Waals surface area contributed by atoms with Crippen molar-refractivity contribution in [2.75, 3.05) is 0 Å². The van der Waals surface area contributed by atoms with Gasteiger partial charge in [-0.25, -0.2) is 9.97 Å². The highest BCUT2D eigenvalue weighted by Gasteiger charge is 2.03. The maximum atomic E-state index is 7.23. The van der Waals surface area contributed by atoms with Crippen LogP contribution in [0.2, 0.25) is 0 Å². The van der Waals surface area contributed by atoms with Crippen molar-refractivity contribution in [2.45, 2.75) is 20.8 Å². The number of hydrogen-bond donors (Lipinski definition) is 2. The van der Waals surface area contributed by atoms with E-state index in [4.69, 9.17) is 10.8 Å². The van der Waals surface area contributed by atoms with Gasteiger partial charge in [-0.2, -0.15) is 0 Å². The minimum Gasteiger partial charge on any atom is -0.425 e. The fraction of sp³-hybridized carbons (Fsp3) is 0.333. The zero-order valence-electron chi connectivity index (χ0n) is 8.53. The molecular formula is C9H14N4O. The minimum atomic E-state index is -0.214. The van der Waals surface area contributed by atoms with Crippen LogP contribution in [-0.4, -0.2) is 22.3 Å². The Labute approximate surface area is 83.2 Å². The lowest BCUT2D eigenvalue weighted by Gasteiger charge is -1.99. The highest BCUT2D eigenvalue weighted by Crippen LogP contribution is 1.94. The van der Waals surface area contributed by atoms with Crippen molar-refractivity contribution in [3.63, 3.8) is 0 Å². The summed E-state index contributed by atoms with van der Waals surface area (Å²) >= 11 is 0. The number of aryl methyl sites for hydroxylation is 1. The van der Waals surface area contributed by atoms with Crippen molar-refractivity contribution in [1.29, 1.82) is 10.8 Å². The molecule has 0 radical (unpaired) electrons. The third-order valence-corrected chi connectivity index (χ3v) is 1.17. The summed E-state index contributed by atoms with van der Waals surface area (Å²) in [5.74, 6) is -0.0211. The average Bonchev–Trinajstić information content (AvgIpc) is 2.21. The van der Waals surface area contributed by atoms with Crippen LogP contribution in [0.1, 0.15) is 25.4 Å². The van der Waals surface area contributed by atoms with E-state index in [9.17, 15) is 0 Å². The lowest BCUT2D eigenvalue weighted by Crippen LogP contribution is -2.08. The molecule has 0 saturated carbocycles. The molecule has 0 unspecified atom stereocenters. The van der Waals surface area contributed by atoms with Crippen LogP contribution >= 0.6 is 0 Å². The Bertz CT molecular complexity index is 311. The van der Waals surface area contributed by atoms with Crippen LogP contribution in [0.3, 0.4) is 0 Å². The summed E-state index contributed by atoms with van der Waals surface area (Å²) in [7, 11) is 0. The highest BCUT2D eigenvalue weighted by atomic mass is 16.5. The monoisotopic (exact) mass is 194 g/mol. The van der Waals surface area contributed by atoms with Gasteiger partial charge in [-0.3, -0.25) is 10.8 Å². The van der Waals surface area contributed by atoms with Gasteiger partial charge in [-0.1, -0.05) is 13.8 Å². The lowest BCUT2D eigenvalue weighted by molar-refractivity contribution is 0.554. The zero-order valence-corrected chi connectivity index (χ0v) is 8.53. The summed E-state index contributed by atoms with van der Waals surface area (Å²) in [5, 5.41) is 13.8. The number of nitrogens with zero attached hydrogens (tertiary/aromatic N) is 2. The van der Waals surface area contributed by atoms with Gasteiger partial charge in [0.05, 0.1) is 0 Å². The Kier molecular flexibility index (Phi) is 5.85. The van der Waals surface area contributed by atoms with E-state index in [-0.39, 0.29) is 11.7 Å². The molecule has 1 aromatic heterocycles. The fourth-order valence-corrected chi connectivity index (χ4v) is 0.670. The number of hydrogen-bond acceptors (Lipinski definition) is 5. The summed E-state index contributed by atoms with van der Waals surface area (Å²) in [4.78, 5) is 7.72. The summed E-state index contributed by atoms with van der Waals surface area (Å²) < 4.78 is 4.48. The predicted molar refractivity (Wildman–Crippen MR) is 54.8 cm³/mol. The van der Waals surface area contributed by atoms with E-state index in [1.54, 1.807) is 19.2 Å². The molecule has 1 heterocycles. The Hall–Kier alpha value is -1.78. The molecule has 2 N–H and O–H groups in total. The van der Waals surface area contributed by atoms with Crippen LogP contribution in [0, 0.1) is 17.7 Å². The van der Waals surface area contributed by atoms with E-state index < -0.39 is 0 Å². The topological polar surface area (TPSA) is 82.7 Å². The van der Waals surface area contributed by atoms with Crippen LogP contribution in [0.15, 0.2) is 12.3 Å². The third kappa shape index (κ3) is 3.75. The second-order valence-corrected chi connectivity index (χ2v) is 2.09. The fourth-order valence-electron chi connectivity index (χ4n) is 0.670. The van der Waals surface area contributed by atoms with Crippen molar-refractivity contribution < 1.29 is 4.74 Å². The van der Waals surface area contributed by atoms with Gasteiger partial charge >= 0.3 is 0 Å². The normalized spacial score (nSPS) is 8.21. The van der Waals surface area contributed by atoms with Crippen molar-refractivity contribution in [1.82, 2.24) is 9.97 Å². The van der Waals surface area contributed by atoms with E-state index in [1.807, 2.05) is 13.8 Å². The predicted octanol–water partition coefficient (Wildman–Crippen LogP) is 1.76. The average molecular weight is 194 g/mol. The molecule has 0 spiro atoms. The third-order valence-electron chi connectivity index (χ3n) is 1.17. The van der Waals surface area contributed by atoms with E-state index in [0.29, 0.717) is 6.40 Å². The van der Waals surface area contributed by atoms with E-state index in [2.05, 4.69) is 14.7 Å². The summed E-state index contributed by atoms with van der Waals surface area (Å²) in [6.45, 7) is 5.79. The summed E-state index contributed by atoms with van der Waals surface area (Å²) in [6.07, 6.45) is 2.22. The van der Waals surface area contributed by atoms with Gasteiger partial charge in [0.2, 0.25) is 5.82 Å². The molecular weight excluding hydrogens is 180 g/mol. The number of nitrogens with one attached hydrogen (secondary N) is 2. The molecule has 0 saturated heterocycles. The van der Waals surface area contributed by atoms with Crippen molar-refractivity contribution in [2.24, 2.45) is 0 Å². The Morgan fingerprint density at radius 1 is 1.50 bits per heavy atom. The molecule has 0 fully saturated rings. The maximum absolute atomic E-state index is 7.23. The first-order valence-electron chi connectivity index (χ1n) is 4.28. The molecule has 0 aliphatic rings. The van der Waals surface area contributed by atoms with Crippen LogP contribution in [0.4, 0.5) is 0 Å². The van der Waals surface area contributed by atoms with Gasteiger partial charge in [0.1, 0.15) is 0 Å². The smallest absolute Gasteiger partial charge is 0.258 e. The lowest BCUT2D eigenvalue weighted by atomic mass is 10.4. The molecule has 0 bridgehead atoms. The Morgan fingerprint density at radius 3 is 2.64 bits per heavy atom. The number of ether oxygens (including phenoxy) is 1. The van der Waals surface area contributed by atoms with Gasteiger partial charge in [0.25, 0.3) is 5.90 Å². The SMILES string of the molecule is CC.Cc1ccnc(C(=N)OC=N)n1. The van der Waals surface area contributed by atoms with E-state index in [0.717, 1.165) is 5.69 Å². The van der Waals surface area contributed by atoms with E-state index >= 15 is 0 Å². The summed E-state index contributed by atoms with van der Waals surface area (Å²) in [5.41, 5.74) is 0.762. The molecule has 5 heteroatoms. The number of rotatable bonds is 2. The Morgan fingerprint density at radius 2 is 2.14 bits per heavy atom. The quantitative estimate of drug-likeness (QED) is 0.555. The Balaban J connectivity index is 0.000000791.